The van der Waals surface area contributed by atoms with Gasteiger partial charge in [0.15, 0.2) is 0 Å². The summed E-state index contributed by atoms with van der Waals surface area (Å²) in [6.07, 6.45) is 31.9. The fourth-order valence-electron chi connectivity index (χ4n) is 7.79. The molecule has 0 radical (unpaired) electrons. The van der Waals surface area contributed by atoms with Gasteiger partial charge in [0.2, 0.25) is 0 Å². The molecule has 3 aromatic rings. The van der Waals surface area contributed by atoms with E-state index in [0.717, 1.165) is 94.8 Å². The molecular weight excluding hydrogens is 791 g/mol. The molecule has 3 rings (SSSR count). The first-order valence-electron chi connectivity index (χ1n) is 25.2. The number of nitrogens with zero attached hydrogens (tertiary/aromatic N) is 2. The number of rotatable bonds is 31. The van der Waals surface area contributed by atoms with Crippen LogP contribution in [0.4, 0.5) is 11.4 Å². The standard InChI is InChI=1S/C41H66N2.C15H24O2.Ni/c1-7-13-19-21-27-41(43-39-32-36(24-17-11-5)29-37(33-39)25-18-12-6)40(26-20-14-8-2)42-38-30-34(22-15-9-3)28-35(31-38)23-16-10-4;1-3-5-7-9-13-11-10-12(8-6-4-2)14(16)15(13)17;/h28-33H,7-27H2,1-6H3;10-11,16-17H,3-9H2,1-2H3;/q;;+2/p-2. The predicted molar refractivity (Wildman–Crippen MR) is 262 cm³/mol. The fourth-order valence-corrected chi connectivity index (χ4v) is 7.79. The summed E-state index contributed by atoms with van der Waals surface area (Å²) in [6, 6.07) is 18.1. The van der Waals surface area contributed by atoms with Gasteiger partial charge in [0.05, 0.1) is 22.8 Å². The molecule has 61 heavy (non-hydrogen) atoms. The molecule has 0 saturated carbocycles. The summed E-state index contributed by atoms with van der Waals surface area (Å²) in [5.74, 6) is -0.540. The third kappa shape index (κ3) is 23.4. The molecule has 0 aliphatic carbocycles. The maximum atomic E-state index is 11.8. The van der Waals surface area contributed by atoms with Crippen molar-refractivity contribution in [3.63, 3.8) is 0 Å². The van der Waals surface area contributed by atoms with E-state index in [1.807, 2.05) is 12.1 Å². The Hall–Kier alpha value is -2.91. The Morgan fingerprint density at radius 3 is 1.02 bits per heavy atom. The Morgan fingerprint density at radius 2 is 0.656 bits per heavy atom. The molecule has 0 aliphatic heterocycles. The van der Waals surface area contributed by atoms with Gasteiger partial charge in [0.25, 0.3) is 0 Å². The van der Waals surface area contributed by atoms with E-state index in [0.29, 0.717) is 11.1 Å². The SMILES string of the molecule is CCCCCCC(=Nc1cc(CCCC)cc(CCCC)c1)C(CCCCC)=Nc1cc(CCCC)cc(CCCC)c1.CCCCCc1ccc(CCCC)c([O-])c1[O-].[Ni+2]. The van der Waals surface area contributed by atoms with Crippen molar-refractivity contribution in [1.82, 2.24) is 0 Å². The van der Waals surface area contributed by atoms with Gasteiger partial charge in [-0.25, -0.2) is 0 Å². The predicted octanol–water partition coefficient (Wildman–Crippen LogP) is 16.4. The Bertz CT molecular complexity index is 1590. The van der Waals surface area contributed by atoms with Gasteiger partial charge in [0.1, 0.15) is 0 Å². The second kappa shape index (κ2) is 35.5. The van der Waals surface area contributed by atoms with Crippen molar-refractivity contribution in [2.45, 2.75) is 235 Å². The first-order chi connectivity index (χ1) is 29.3. The van der Waals surface area contributed by atoms with Crippen molar-refractivity contribution in [3.05, 3.63) is 81.9 Å². The fraction of sp³-hybridized carbons (Fsp3) is 0.643. The largest absolute Gasteiger partial charge is 2.00 e. The molecule has 0 amide bonds. The van der Waals surface area contributed by atoms with Gasteiger partial charge in [-0.15, -0.1) is 11.5 Å². The van der Waals surface area contributed by atoms with Gasteiger partial charge >= 0.3 is 16.5 Å². The Kier molecular flexibility index (Phi) is 32.7. The van der Waals surface area contributed by atoms with Gasteiger partial charge < -0.3 is 10.2 Å². The van der Waals surface area contributed by atoms with Gasteiger partial charge in [-0.1, -0.05) is 168 Å². The van der Waals surface area contributed by atoms with Crippen molar-refractivity contribution >= 4 is 22.8 Å². The van der Waals surface area contributed by atoms with Crippen LogP contribution >= 0.6 is 0 Å². The number of benzene rings is 3. The number of unbranched alkanes of at least 4 members (excludes halogenated alkanes) is 12. The zero-order chi connectivity index (χ0) is 43.8. The monoisotopic (exact) mass is 879 g/mol. The molecule has 0 unspecified atom stereocenters. The van der Waals surface area contributed by atoms with E-state index in [1.54, 1.807) is 0 Å². The van der Waals surface area contributed by atoms with Crippen LogP contribution in [-0.4, -0.2) is 11.4 Å². The van der Waals surface area contributed by atoms with E-state index >= 15 is 0 Å². The van der Waals surface area contributed by atoms with E-state index in [-0.39, 0.29) is 28.0 Å². The van der Waals surface area contributed by atoms with E-state index in [9.17, 15) is 10.2 Å². The molecule has 0 aliphatic rings. The molecule has 0 heterocycles. The van der Waals surface area contributed by atoms with Crippen molar-refractivity contribution in [2.75, 3.05) is 0 Å². The Labute approximate surface area is 386 Å². The molecule has 0 fully saturated rings. The molecule has 0 atom stereocenters. The first kappa shape index (κ1) is 56.1. The van der Waals surface area contributed by atoms with Crippen LogP contribution in [0.1, 0.15) is 230 Å². The van der Waals surface area contributed by atoms with Gasteiger partial charge in [-0.2, -0.15) is 0 Å². The van der Waals surface area contributed by atoms with Crippen molar-refractivity contribution in [1.29, 1.82) is 0 Å². The summed E-state index contributed by atoms with van der Waals surface area (Å²) >= 11 is 0. The molecule has 0 aromatic heterocycles. The minimum Gasteiger partial charge on any atom is -0.873 e. The van der Waals surface area contributed by atoms with Crippen LogP contribution in [0.15, 0.2) is 58.5 Å². The topological polar surface area (TPSA) is 70.8 Å². The normalized spacial score (nSPS) is 11.7. The van der Waals surface area contributed by atoms with Gasteiger partial charge in [0, 0.05) is 0 Å². The summed E-state index contributed by atoms with van der Waals surface area (Å²) < 4.78 is 0. The minimum atomic E-state index is -0.271. The van der Waals surface area contributed by atoms with Crippen LogP contribution < -0.4 is 10.2 Å². The molecule has 4 nitrogen and oxygen atoms in total. The van der Waals surface area contributed by atoms with E-state index in [2.05, 4.69) is 91.8 Å². The summed E-state index contributed by atoms with van der Waals surface area (Å²) in [4.78, 5) is 11.0. The van der Waals surface area contributed by atoms with E-state index < -0.39 is 0 Å². The van der Waals surface area contributed by atoms with E-state index in [4.69, 9.17) is 9.98 Å². The Morgan fingerprint density at radius 1 is 0.361 bits per heavy atom. The molecule has 0 N–H and O–H groups in total. The van der Waals surface area contributed by atoms with Crippen LogP contribution in [0.25, 0.3) is 0 Å². The van der Waals surface area contributed by atoms with Crippen LogP contribution in [0.5, 0.6) is 11.5 Å². The molecule has 0 bridgehead atoms. The minimum absolute atomic E-state index is 0. The van der Waals surface area contributed by atoms with Crippen LogP contribution in [-0.2, 0) is 55.0 Å². The summed E-state index contributed by atoms with van der Waals surface area (Å²) in [7, 11) is 0. The van der Waals surface area contributed by atoms with Crippen LogP contribution in [0.3, 0.4) is 0 Å². The third-order valence-corrected chi connectivity index (χ3v) is 11.6. The Balaban J connectivity index is 0.000000863. The maximum absolute atomic E-state index is 11.8. The first-order valence-corrected chi connectivity index (χ1v) is 25.2. The number of hydrogen-bond acceptors (Lipinski definition) is 4. The molecule has 0 spiro atoms. The number of aliphatic imine (C=N–C) groups is 2. The molecule has 3 aromatic carbocycles. The zero-order valence-electron chi connectivity index (χ0n) is 40.4. The molecule has 344 valence electrons. The second-order valence-corrected chi connectivity index (χ2v) is 17.4. The van der Waals surface area contributed by atoms with Gasteiger partial charge in [-0.3, -0.25) is 9.98 Å². The maximum Gasteiger partial charge on any atom is 2.00 e. The quantitative estimate of drug-likeness (QED) is 0.0367. The molecule has 0 saturated heterocycles. The van der Waals surface area contributed by atoms with Crippen LogP contribution in [0, 0.1) is 0 Å². The zero-order valence-corrected chi connectivity index (χ0v) is 41.4. The van der Waals surface area contributed by atoms with E-state index in [1.165, 1.54) is 130 Å². The summed E-state index contributed by atoms with van der Waals surface area (Å²) in [5.41, 5.74) is 12.0. The summed E-state index contributed by atoms with van der Waals surface area (Å²) in [5, 5.41) is 23.7. The van der Waals surface area contributed by atoms with Crippen molar-refractivity contribution in [3.8, 4) is 11.5 Å². The number of aryl methyl sites for hydroxylation is 6. The molecular formula is C56H88N2NiO2. The van der Waals surface area contributed by atoms with Crippen LogP contribution in [0.2, 0.25) is 0 Å². The average Bonchev–Trinajstić information content (AvgIpc) is 3.25. The molecule has 5 heteroatoms. The number of hydrogen-bond donors (Lipinski definition) is 0. The second-order valence-electron chi connectivity index (χ2n) is 17.4. The van der Waals surface area contributed by atoms with Crippen molar-refractivity contribution in [2.24, 2.45) is 9.98 Å². The average molecular weight is 880 g/mol. The van der Waals surface area contributed by atoms with Gasteiger partial charge in [-0.05, 0) is 149 Å². The van der Waals surface area contributed by atoms with Crippen molar-refractivity contribution < 1.29 is 26.7 Å². The smallest absolute Gasteiger partial charge is 0.873 e. The summed E-state index contributed by atoms with van der Waals surface area (Å²) in [6.45, 7) is 18.0. The third-order valence-electron chi connectivity index (χ3n) is 11.6.